The van der Waals surface area contributed by atoms with Crippen LogP contribution in [0.1, 0.15) is 36.8 Å². The van der Waals surface area contributed by atoms with Gasteiger partial charge in [-0.25, -0.2) is 20.0 Å². The maximum Gasteiger partial charge on any atom is 0.159 e. The maximum atomic E-state index is 4.88. The van der Waals surface area contributed by atoms with Gasteiger partial charge < -0.3 is 9.13 Å². The summed E-state index contributed by atoms with van der Waals surface area (Å²) in [7, 11) is 0. The summed E-state index contributed by atoms with van der Waals surface area (Å²) in [5.74, 6) is 1.47. The lowest BCUT2D eigenvalue weighted by atomic mass is 9.97. The van der Waals surface area contributed by atoms with Crippen molar-refractivity contribution in [2.75, 3.05) is 0 Å². The van der Waals surface area contributed by atoms with E-state index in [1.807, 2.05) is 36.2 Å². The van der Waals surface area contributed by atoms with Crippen molar-refractivity contribution in [2.24, 2.45) is 20.0 Å². The van der Waals surface area contributed by atoms with E-state index in [0.717, 1.165) is 92.7 Å². The van der Waals surface area contributed by atoms with E-state index in [9.17, 15) is 0 Å². The number of nitrogens with zero attached hydrogens (tertiary/aromatic N) is 6. The number of aliphatic imine (C=N–C) groups is 4. The number of aromatic nitrogens is 2. The number of fused-ring (bicyclic) bond motifs is 9. The summed E-state index contributed by atoms with van der Waals surface area (Å²) in [5, 5.41) is 7.16. The van der Waals surface area contributed by atoms with Crippen LogP contribution >= 0.6 is 11.3 Å². The molecule has 13 rings (SSSR count). The zero-order chi connectivity index (χ0) is 44.3. The van der Waals surface area contributed by atoms with Crippen LogP contribution in [0.5, 0.6) is 0 Å². The Hall–Kier alpha value is -8.26. The zero-order valence-corrected chi connectivity index (χ0v) is 37.4. The largest absolute Gasteiger partial charge is 0.309 e. The minimum atomic E-state index is 0.735. The molecule has 0 saturated carbocycles. The van der Waals surface area contributed by atoms with Crippen LogP contribution in [0.2, 0.25) is 0 Å². The van der Waals surface area contributed by atoms with Crippen LogP contribution in [-0.2, 0) is 0 Å². The number of amidine groups is 2. The van der Waals surface area contributed by atoms with Gasteiger partial charge in [-0.15, -0.1) is 11.3 Å². The first-order valence-electron chi connectivity index (χ1n) is 23.0. The highest BCUT2D eigenvalue weighted by atomic mass is 32.1. The Bertz CT molecular complexity index is 3710. The van der Waals surface area contributed by atoms with Gasteiger partial charge in [0.25, 0.3) is 0 Å². The predicted molar refractivity (Wildman–Crippen MR) is 286 cm³/mol. The molecule has 0 bridgehead atoms. The smallest absolute Gasteiger partial charge is 0.159 e. The molecule has 2 aliphatic heterocycles. The number of allylic oxidation sites excluding steroid dienone is 2. The third-order valence-corrected chi connectivity index (χ3v) is 14.3. The normalized spacial score (nSPS) is 14.7. The van der Waals surface area contributed by atoms with Gasteiger partial charge in [-0.2, -0.15) is 0 Å². The van der Waals surface area contributed by atoms with Crippen molar-refractivity contribution in [1.82, 2.24) is 9.13 Å². The van der Waals surface area contributed by atoms with Gasteiger partial charge in [0.15, 0.2) is 11.7 Å². The van der Waals surface area contributed by atoms with Crippen molar-refractivity contribution in [2.45, 2.75) is 25.7 Å². The summed E-state index contributed by atoms with van der Waals surface area (Å²) in [5.41, 5.74) is 13.5. The zero-order valence-electron chi connectivity index (χ0n) is 36.5. The lowest BCUT2D eigenvalue weighted by Gasteiger charge is -2.09. The lowest BCUT2D eigenvalue weighted by molar-refractivity contribution is 1.10. The molecule has 0 N–H and O–H groups in total. The van der Waals surface area contributed by atoms with Crippen LogP contribution in [0, 0.1) is 0 Å². The summed E-state index contributed by atoms with van der Waals surface area (Å²) in [6.07, 6.45) is 15.7. The molecule has 0 spiro atoms. The van der Waals surface area contributed by atoms with E-state index < -0.39 is 0 Å². The standard InChI is InChI=1S/C60H42N6S/c1-5-15-43(16-6-1)65-51-27-23-39(37-49(51)57-45(19-13-21-53(57)65)59-61-31-9-3-10-32-62-59)41-25-29-55-47(35-41)48-36-42(26-30-56(48)67-55)40-24-28-52-50(38-40)58-46(60-63-33-11-4-12-34-64-60)20-14-22-54(58)66(52)44-17-7-2-8-18-44/h1-2,5-9,11,13-38H,3-4,10,12H2/b31-9-,33-11?,61-59?,62-32?,63-60?,64-34?. The fourth-order valence-electron chi connectivity index (χ4n) is 10.1. The average Bonchev–Trinajstić information content (AvgIpc) is 4.01. The maximum absolute atomic E-state index is 4.88. The monoisotopic (exact) mass is 878 g/mol. The Kier molecular flexibility index (Phi) is 9.53. The van der Waals surface area contributed by atoms with E-state index in [0.29, 0.717) is 0 Å². The third kappa shape index (κ3) is 6.69. The van der Waals surface area contributed by atoms with E-state index in [2.05, 4.69) is 191 Å². The second kappa shape index (κ2) is 16.3. The molecule has 318 valence electrons. The number of para-hydroxylation sites is 2. The Balaban J connectivity index is 0.965. The molecule has 8 aromatic carbocycles. The predicted octanol–water partition coefficient (Wildman–Crippen LogP) is 15.8. The second-order valence-electron chi connectivity index (χ2n) is 17.2. The minimum absolute atomic E-state index is 0.735. The van der Waals surface area contributed by atoms with Crippen molar-refractivity contribution in [3.8, 4) is 33.6 Å². The molecule has 5 heterocycles. The molecule has 0 unspecified atom stereocenters. The Morgan fingerprint density at radius 3 is 1.27 bits per heavy atom. The SMILES string of the molecule is C1=CN=C(c2cccc3c2c2cc(-c4ccc5sc6ccc(-c7ccc8c(c7)c7c(C9=N/C=C\CCC=N9)cccc7n8-c7ccccc7)cc6c5c4)ccc2n3-c2ccccc2)N=CCC1. The molecule has 67 heavy (non-hydrogen) atoms. The molecule has 2 aliphatic rings. The van der Waals surface area contributed by atoms with Crippen molar-refractivity contribution in [1.29, 1.82) is 0 Å². The molecule has 0 saturated heterocycles. The van der Waals surface area contributed by atoms with Crippen LogP contribution < -0.4 is 0 Å². The first kappa shape index (κ1) is 39.1. The molecule has 0 amide bonds. The number of thiophene rings is 1. The molecule has 3 aromatic heterocycles. The van der Waals surface area contributed by atoms with Gasteiger partial charge in [-0.1, -0.05) is 97.1 Å². The van der Waals surface area contributed by atoms with E-state index in [4.69, 9.17) is 20.0 Å². The van der Waals surface area contributed by atoms with E-state index >= 15 is 0 Å². The summed E-state index contributed by atoms with van der Waals surface area (Å²) in [6.45, 7) is 0. The van der Waals surface area contributed by atoms with Gasteiger partial charge in [0.1, 0.15) is 0 Å². The van der Waals surface area contributed by atoms with Crippen LogP contribution in [0.3, 0.4) is 0 Å². The van der Waals surface area contributed by atoms with Crippen LogP contribution in [0.25, 0.3) is 97.4 Å². The summed E-state index contributed by atoms with van der Waals surface area (Å²) < 4.78 is 7.28. The van der Waals surface area contributed by atoms with Gasteiger partial charge in [-0.3, -0.25) is 0 Å². The van der Waals surface area contributed by atoms with Gasteiger partial charge >= 0.3 is 0 Å². The Morgan fingerprint density at radius 1 is 0.373 bits per heavy atom. The Morgan fingerprint density at radius 2 is 0.806 bits per heavy atom. The van der Waals surface area contributed by atoms with Crippen molar-refractivity contribution in [3.05, 3.63) is 206 Å². The third-order valence-electron chi connectivity index (χ3n) is 13.2. The summed E-state index contributed by atoms with van der Waals surface area (Å²) in [6, 6.07) is 62.0. The highest BCUT2D eigenvalue weighted by molar-refractivity contribution is 7.25. The van der Waals surface area contributed by atoms with E-state index in [1.54, 1.807) is 0 Å². The minimum Gasteiger partial charge on any atom is -0.309 e. The molecule has 6 nitrogen and oxygen atoms in total. The summed E-state index contributed by atoms with van der Waals surface area (Å²) in [4.78, 5) is 19.5. The van der Waals surface area contributed by atoms with Crippen molar-refractivity contribution in [3.63, 3.8) is 0 Å². The van der Waals surface area contributed by atoms with Crippen LogP contribution in [0.15, 0.2) is 214 Å². The number of hydrogen-bond acceptors (Lipinski definition) is 5. The molecule has 11 aromatic rings. The summed E-state index contributed by atoms with van der Waals surface area (Å²) >= 11 is 1.85. The fraction of sp³-hybridized carbons (Fsp3) is 0.0667. The average molecular weight is 879 g/mol. The highest BCUT2D eigenvalue weighted by Crippen LogP contribution is 2.43. The van der Waals surface area contributed by atoms with Crippen molar-refractivity contribution >= 4 is 99.2 Å². The number of rotatable bonds is 6. The van der Waals surface area contributed by atoms with Gasteiger partial charge in [0.05, 0.1) is 22.1 Å². The molecular formula is C60H42N6S. The van der Waals surface area contributed by atoms with Crippen molar-refractivity contribution < 1.29 is 0 Å². The lowest BCUT2D eigenvalue weighted by Crippen LogP contribution is -2.00. The van der Waals surface area contributed by atoms with Crippen LogP contribution in [0.4, 0.5) is 0 Å². The van der Waals surface area contributed by atoms with Gasteiger partial charge in [0, 0.05) is 89.0 Å². The Labute approximate surface area is 391 Å². The van der Waals surface area contributed by atoms with E-state index in [-0.39, 0.29) is 0 Å². The highest BCUT2D eigenvalue weighted by Gasteiger charge is 2.21. The quantitative estimate of drug-likeness (QED) is 0.160. The molecule has 7 heteroatoms. The fourth-order valence-corrected chi connectivity index (χ4v) is 11.2. The number of benzene rings is 8. The molecule has 0 radical (unpaired) electrons. The first-order valence-corrected chi connectivity index (χ1v) is 23.8. The first-order chi connectivity index (χ1) is 33.2. The van der Waals surface area contributed by atoms with Crippen LogP contribution in [-0.4, -0.2) is 33.2 Å². The molecule has 0 fully saturated rings. The second-order valence-corrected chi connectivity index (χ2v) is 18.3. The van der Waals surface area contributed by atoms with E-state index in [1.165, 1.54) is 53.2 Å². The van der Waals surface area contributed by atoms with Gasteiger partial charge in [-0.05, 0) is 133 Å². The molecular weight excluding hydrogens is 837 g/mol. The van der Waals surface area contributed by atoms with Gasteiger partial charge in [0.2, 0.25) is 0 Å². The topological polar surface area (TPSA) is 59.3 Å². The number of hydrogen-bond donors (Lipinski definition) is 0. The molecule has 0 atom stereocenters. The molecule has 0 aliphatic carbocycles.